The summed E-state index contributed by atoms with van der Waals surface area (Å²) in [5, 5.41) is 0. The second-order valence-electron chi connectivity index (χ2n) is 15.3. The third-order valence-electron chi connectivity index (χ3n) is 12.8. The van der Waals surface area contributed by atoms with Crippen LogP contribution in [0.4, 0.5) is 0 Å². The van der Waals surface area contributed by atoms with Crippen molar-refractivity contribution in [2.45, 2.75) is 135 Å². The van der Waals surface area contributed by atoms with Gasteiger partial charge in [0.25, 0.3) is 0 Å². The fraction of sp³-hybridized carbons (Fsp3) is 0.889. The zero-order valence-corrected chi connectivity index (χ0v) is 28.6. The average Bonchev–Trinajstić information content (AvgIpc) is 3.39. The van der Waals surface area contributed by atoms with Gasteiger partial charge in [-0.2, -0.15) is 0 Å². The minimum absolute atomic E-state index is 0.0739. The van der Waals surface area contributed by atoms with Crippen LogP contribution in [-0.4, -0.2) is 62.1 Å². The first-order valence-electron chi connectivity index (χ1n) is 18.2. The third kappa shape index (κ3) is 7.81. The number of carbonyl (C=O) groups excluding carboxylic acids is 4. The Balaban J connectivity index is 1.69. The van der Waals surface area contributed by atoms with E-state index < -0.39 is 0 Å². The summed E-state index contributed by atoms with van der Waals surface area (Å²) in [5.74, 6) is 0.706. The van der Waals surface area contributed by atoms with Gasteiger partial charge in [0.1, 0.15) is 24.6 Å². The van der Waals surface area contributed by atoms with Gasteiger partial charge < -0.3 is 36.2 Å². The monoisotopic (exact) mass is 647 g/mol. The van der Waals surface area contributed by atoms with Crippen LogP contribution in [0.1, 0.15) is 117 Å². The molecule has 0 bridgehead atoms. The topological polar surface area (TPSA) is 174 Å². The molecule has 0 aromatic rings. The van der Waals surface area contributed by atoms with E-state index in [1.165, 1.54) is 0 Å². The molecule has 4 fully saturated rings. The second kappa shape index (κ2) is 16.4. The van der Waals surface area contributed by atoms with Gasteiger partial charge in [-0.3, -0.25) is 14.4 Å². The summed E-state index contributed by atoms with van der Waals surface area (Å²) >= 11 is 0. The molecule has 0 spiro atoms. The summed E-state index contributed by atoms with van der Waals surface area (Å²) in [4.78, 5) is 50.3. The Morgan fingerprint density at radius 2 is 1.41 bits per heavy atom. The average molecular weight is 648 g/mol. The van der Waals surface area contributed by atoms with Crippen molar-refractivity contribution in [1.29, 1.82) is 0 Å². The summed E-state index contributed by atoms with van der Waals surface area (Å²) in [7, 11) is 0. The van der Waals surface area contributed by atoms with E-state index in [9.17, 15) is 19.2 Å². The van der Waals surface area contributed by atoms with Gasteiger partial charge in [-0.15, -0.1) is 0 Å². The lowest BCUT2D eigenvalue weighted by Gasteiger charge is -2.64. The molecule has 6 N–H and O–H groups in total. The van der Waals surface area contributed by atoms with Crippen molar-refractivity contribution in [2.75, 3.05) is 19.6 Å². The molecule has 10 heteroatoms. The molecule has 0 radical (unpaired) electrons. The van der Waals surface area contributed by atoms with Crippen molar-refractivity contribution >= 4 is 24.2 Å². The molecule has 5 unspecified atom stereocenters. The zero-order valence-electron chi connectivity index (χ0n) is 28.6. The molecular formula is C36H61N3O7. The van der Waals surface area contributed by atoms with E-state index >= 15 is 0 Å². The molecule has 10 nitrogen and oxygen atoms in total. The molecule has 4 saturated carbocycles. The predicted molar refractivity (Wildman–Crippen MR) is 175 cm³/mol. The smallest absolute Gasteiger partial charge is 0.306 e. The van der Waals surface area contributed by atoms with E-state index in [4.69, 9.17) is 31.4 Å². The van der Waals surface area contributed by atoms with Crippen LogP contribution in [-0.2, 0) is 33.4 Å². The van der Waals surface area contributed by atoms with Crippen LogP contribution in [0.25, 0.3) is 0 Å². The number of nitrogens with two attached hydrogens (primary N) is 3. The Morgan fingerprint density at radius 1 is 0.804 bits per heavy atom. The number of rotatable bonds is 16. The van der Waals surface area contributed by atoms with E-state index in [2.05, 4.69) is 20.8 Å². The van der Waals surface area contributed by atoms with Crippen LogP contribution in [0.15, 0.2) is 0 Å². The molecule has 4 aliphatic rings. The van der Waals surface area contributed by atoms with Crippen molar-refractivity contribution in [2.24, 2.45) is 63.5 Å². The van der Waals surface area contributed by atoms with E-state index in [0.29, 0.717) is 76.9 Å². The third-order valence-corrected chi connectivity index (χ3v) is 12.8. The highest BCUT2D eigenvalue weighted by molar-refractivity contribution is 5.70. The van der Waals surface area contributed by atoms with Gasteiger partial charge in [-0.05, 0) is 125 Å². The van der Waals surface area contributed by atoms with Crippen molar-refractivity contribution in [3.63, 3.8) is 0 Å². The lowest BCUT2D eigenvalue weighted by molar-refractivity contribution is -0.225. The van der Waals surface area contributed by atoms with E-state index in [-0.39, 0.29) is 76.6 Å². The zero-order chi connectivity index (χ0) is 33.5. The van der Waals surface area contributed by atoms with Crippen LogP contribution in [0.5, 0.6) is 0 Å². The van der Waals surface area contributed by atoms with Gasteiger partial charge >= 0.3 is 17.9 Å². The minimum atomic E-state index is -0.303. The summed E-state index contributed by atoms with van der Waals surface area (Å²) in [6.45, 7) is 8.24. The van der Waals surface area contributed by atoms with E-state index in [0.717, 1.165) is 51.2 Å². The first-order chi connectivity index (χ1) is 22.0. The van der Waals surface area contributed by atoms with Crippen molar-refractivity contribution in [3.05, 3.63) is 0 Å². The van der Waals surface area contributed by atoms with Crippen molar-refractivity contribution in [1.82, 2.24) is 0 Å². The predicted octanol–water partition coefficient (Wildman–Crippen LogP) is 4.43. The van der Waals surface area contributed by atoms with Crippen LogP contribution < -0.4 is 17.2 Å². The number of esters is 3. The molecule has 46 heavy (non-hydrogen) atoms. The van der Waals surface area contributed by atoms with Gasteiger partial charge in [-0.25, -0.2) is 0 Å². The summed E-state index contributed by atoms with van der Waals surface area (Å²) in [6, 6.07) is 0. The quantitative estimate of drug-likeness (QED) is 0.123. The highest BCUT2D eigenvalue weighted by Gasteiger charge is 2.67. The van der Waals surface area contributed by atoms with Gasteiger partial charge in [0.15, 0.2) is 0 Å². The number of fused-ring (bicyclic) bond motifs is 5. The summed E-state index contributed by atoms with van der Waals surface area (Å²) in [6.07, 6.45) is 10.2. The van der Waals surface area contributed by atoms with Crippen molar-refractivity contribution in [3.8, 4) is 0 Å². The Kier molecular flexibility index (Phi) is 13.1. The number of ether oxygens (including phenoxy) is 3. The first kappa shape index (κ1) is 36.8. The van der Waals surface area contributed by atoms with E-state index in [1.54, 1.807) is 0 Å². The normalized spacial score (nSPS) is 37.3. The molecule has 0 aliphatic heterocycles. The van der Waals surface area contributed by atoms with Gasteiger partial charge in [-0.1, -0.05) is 20.8 Å². The Morgan fingerprint density at radius 3 is 2.02 bits per heavy atom. The van der Waals surface area contributed by atoms with Crippen LogP contribution in [0.2, 0.25) is 0 Å². The summed E-state index contributed by atoms with van der Waals surface area (Å²) < 4.78 is 18.9. The van der Waals surface area contributed by atoms with Crippen LogP contribution in [0, 0.1) is 46.3 Å². The van der Waals surface area contributed by atoms with Crippen molar-refractivity contribution < 1.29 is 33.4 Å². The standard InChI is InChI=1S/C36H61N3O7/c1-23(8-7-19-40)26-12-13-27-34-28(22-30(36(26,27)3)46-33(43)11-6-18-39)35(2)15-14-25(44-31(41)9-4-16-37)20-24(35)21-29(34)45-32(42)10-5-17-38/h19,23-30,34H,4-18,20-22,37-39H2,1-3H3/t23-,24?,25-,26?,27+,28+,29-,30+,34?,35?,36?/m1/s1. The number of hydrogen-bond acceptors (Lipinski definition) is 10. The van der Waals surface area contributed by atoms with Gasteiger partial charge in [0.05, 0.1) is 0 Å². The molecule has 4 aliphatic carbocycles. The maximum Gasteiger partial charge on any atom is 0.306 e. The van der Waals surface area contributed by atoms with E-state index in [1.807, 2.05) is 0 Å². The number of carbonyl (C=O) groups is 4. The molecule has 0 heterocycles. The number of hydrogen-bond donors (Lipinski definition) is 3. The molecule has 0 amide bonds. The van der Waals surface area contributed by atoms with Crippen LogP contribution >= 0.6 is 0 Å². The molecule has 0 saturated heterocycles. The molecule has 4 rings (SSSR count). The lowest BCUT2D eigenvalue weighted by atomic mass is 9.43. The minimum Gasteiger partial charge on any atom is -0.462 e. The highest BCUT2D eigenvalue weighted by Crippen LogP contribution is 2.69. The first-order valence-corrected chi connectivity index (χ1v) is 18.2. The fourth-order valence-corrected chi connectivity index (χ4v) is 10.4. The van der Waals surface area contributed by atoms with Crippen LogP contribution in [0.3, 0.4) is 0 Å². The maximum atomic E-state index is 13.2. The van der Waals surface area contributed by atoms with Gasteiger partial charge in [0, 0.05) is 37.0 Å². The highest BCUT2D eigenvalue weighted by atomic mass is 16.6. The van der Waals surface area contributed by atoms with Gasteiger partial charge in [0.2, 0.25) is 0 Å². The maximum absolute atomic E-state index is 13.2. The summed E-state index contributed by atoms with van der Waals surface area (Å²) in [5.41, 5.74) is 16.7. The molecular weight excluding hydrogens is 586 g/mol. The molecule has 262 valence electrons. The largest absolute Gasteiger partial charge is 0.462 e. The number of aldehydes is 1. The molecule has 11 atom stereocenters. The Hall–Kier alpha value is -2.04. The Labute approximate surface area is 275 Å². The molecule has 0 aromatic heterocycles. The second-order valence-corrected chi connectivity index (χ2v) is 15.3. The SMILES string of the molecule is C[C@H](CCC=O)C1CC[C@H]2C3[C@H](OC(=O)CCCN)CC4C[C@H](OC(=O)CCCN)CCC4(C)[C@H]3C[C@H](OC(=O)CCCN)C12C. The lowest BCUT2D eigenvalue weighted by Crippen LogP contribution is -2.63. The molecule has 0 aromatic carbocycles. The Bertz CT molecular complexity index is 1060. The fourth-order valence-electron chi connectivity index (χ4n) is 10.4.